The summed E-state index contributed by atoms with van der Waals surface area (Å²) in [6.07, 6.45) is 1.95. The van der Waals surface area contributed by atoms with E-state index in [1.165, 1.54) is 6.42 Å². The second-order valence-corrected chi connectivity index (χ2v) is 7.03. The van der Waals surface area contributed by atoms with Crippen molar-refractivity contribution in [3.8, 4) is 0 Å². The number of halogens is 3. The van der Waals surface area contributed by atoms with Crippen molar-refractivity contribution in [2.24, 2.45) is 0 Å². The summed E-state index contributed by atoms with van der Waals surface area (Å²) in [5.41, 5.74) is -0.990. The lowest BCUT2D eigenvalue weighted by molar-refractivity contribution is -0.141. The third-order valence-corrected chi connectivity index (χ3v) is 4.99. The molecule has 1 aromatic rings. The molecule has 2 rings (SSSR count). The molecule has 0 aliphatic heterocycles. The largest absolute Gasteiger partial charge is 0.433 e. The van der Waals surface area contributed by atoms with Crippen LogP contribution in [0.1, 0.15) is 44.7 Å². The molecule has 0 radical (unpaired) electrons. The summed E-state index contributed by atoms with van der Waals surface area (Å²) in [6.45, 7) is 1.68. The Hall–Kier alpha value is -1.31. The van der Waals surface area contributed by atoms with Crippen molar-refractivity contribution in [3.05, 3.63) is 18.0 Å². The number of rotatable bonds is 4. The van der Waals surface area contributed by atoms with Crippen molar-refractivity contribution in [2.75, 3.05) is 7.05 Å². The molecule has 0 aromatic carbocycles. The van der Waals surface area contributed by atoms with E-state index in [0.29, 0.717) is 0 Å². The van der Waals surface area contributed by atoms with Gasteiger partial charge in [0.2, 0.25) is 5.91 Å². The SMILES string of the molecule is CC(Sc1nccc(C(F)(F)F)n1)C(=O)N(C)C1CCCCC1. The highest BCUT2D eigenvalue weighted by Gasteiger charge is 2.33. The monoisotopic (exact) mass is 347 g/mol. The molecule has 1 unspecified atom stereocenters. The first-order chi connectivity index (χ1) is 10.8. The maximum Gasteiger partial charge on any atom is 0.433 e. The quantitative estimate of drug-likeness (QED) is 0.614. The standard InChI is InChI=1S/C15H20F3N3OS/c1-10(13(22)21(2)11-6-4-3-5-7-11)23-14-19-9-8-12(20-14)15(16,17)18/h8-11H,3-7H2,1-2H3. The lowest BCUT2D eigenvalue weighted by Gasteiger charge is -2.32. The van der Waals surface area contributed by atoms with E-state index >= 15 is 0 Å². The van der Waals surface area contributed by atoms with Gasteiger partial charge in [-0.25, -0.2) is 9.97 Å². The molecule has 1 aliphatic carbocycles. The van der Waals surface area contributed by atoms with Crippen LogP contribution in [0.5, 0.6) is 0 Å². The molecule has 1 amide bonds. The van der Waals surface area contributed by atoms with Crippen LogP contribution in [0.25, 0.3) is 0 Å². The molecule has 23 heavy (non-hydrogen) atoms. The summed E-state index contributed by atoms with van der Waals surface area (Å²) in [7, 11) is 1.77. The first-order valence-electron chi connectivity index (χ1n) is 7.62. The number of carbonyl (C=O) groups excluding carboxylic acids is 1. The van der Waals surface area contributed by atoms with Gasteiger partial charge >= 0.3 is 6.18 Å². The van der Waals surface area contributed by atoms with Gasteiger partial charge in [0.05, 0.1) is 5.25 Å². The molecule has 0 spiro atoms. The second kappa shape index (κ2) is 7.51. The van der Waals surface area contributed by atoms with Crippen LogP contribution in [0.4, 0.5) is 13.2 Å². The van der Waals surface area contributed by atoms with Gasteiger partial charge in [0.25, 0.3) is 0 Å². The lowest BCUT2D eigenvalue weighted by Crippen LogP contribution is -2.42. The Morgan fingerprint density at radius 1 is 1.35 bits per heavy atom. The highest BCUT2D eigenvalue weighted by atomic mass is 32.2. The zero-order chi connectivity index (χ0) is 17.0. The summed E-state index contributed by atoms with van der Waals surface area (Å²) < 4.78 is 38.0. The Morgan fingerprint density at radius 3 is 2.61 bits per heavy atom. The fourth-order valence-corrected chi connectivity index (χ4v) is 3.56. The van der Waals surface area contributed by atoms with Crippen LogP contribution >= 0.6 is 11.8 Å². The van der Waals surface area contributed by atoms with Gasteiger partial charge in [-0.2, -0.15) is 13.2 Å². The molecule has 8 heteroatoms. The van der Waals surface area contributed by atoms with Crippen LogP contribution < -0.4 is 0 Å². The zero-order valence-corrected chi connectivity index (χ0v) is 14.0. The molecule has 0 N–H and O–H groups in total. The van der Waals surface area contributed by atoms with E-state index < -0.39 is 17.1 Å². The van der Waals surface area contributed by atoms with Gasteiger partial charge in [-0.15, -0.1) is 0 Å². The van der Waals surface area contributed by atoms with Crippen LogP contribution in [0, 0.1) is 0 Å². The van der Waals surface area contributed by atoms with Crippen molar-refractivity contribution in [2.45, 2.75) is 61.7 Å². The van der Waals surface area contributed by atoms with Crippen molar-refractivity contribution >= 4 is 17.7 Å². The van der Waals surface area contributed by atoms with Crippen LogP contribution in [-0.4, -0.2) is 39.1 Å². The zero-order valence-electron chi connectivity index (χ0n) is 13.1. The third-order valence-electron chi connectivity index (χ3n) is 4.02. The Morgan fingerprint density at radius 2 is 2.00 bits per heavy atom. The Labute approximate surface area is 137 Å². The van der Waals surface area contributed by atoms with Gasteiger partial charge in [0.15, 0.2) is 5.16 Å². The number of hydrogen-bond donors (Lipinski definition) is 0. The molecule has 1 saturated carbocycles. The summed E-state index contributed by atoms with van der Waals surface area (Å²) in [4.78, 5) is 21.5. The highest BCUT2D eigenvalue weighted by molar-refractivity contribution is 8.00. The fraction of sp³-hybridized carbons (Fsp3) is 0.667. The van der Waals surface area contributed by atoms with Gasteiger partial charge in [0.1, 0.15) is 5.69 Å². The number of carbonyl (C=O) groups is 1. The molecule has 1 heterocycles. The Kier molecular flexibility index (Phi) is 5.89. The third kappa shape index (κ3) is 4.83. The fourth-order valence-electron chi connectivity index (χ4n) is 2.70. The van der Waals surface area contributed by atoms with Crippen LogP contribution in [0.2, 0.25) is 0 Å². The number of hydrogen-bond acceptors (Lipinski definition) is 4. The van der Waals surface area contributed by atoms with Crippen molar-refractivity contribution in [1.29, 1.82) is 0 Å². The maximum absolute atomic E-state index is 12.7. The minimum Gasteiger partial charge on any atom is -0.342 e. The van der Waals surface area contributed by atoms with Crippen molar-refractivity contribution in [1.82, 2.24) is 14.9 Å². The van der Waals surface area contributed by atoms with Gasteiger partial charge in [-0.05, 0) is 25.8 Å². The van der Waals surface area contributed by atoms with E-state index in [1.54, 1.807) is 18.9 Å². The topological polar surface area (TPSA) is 46.1 Å². The minimum atomic E-state index is -4.51. The second-order valence-electron chi connectivity index (χ2n) is 5.72. The summed E-state index contributed by atoms with van der Waals surface area (Å²) in [5, 5.41) is -0.553. The van der Waals surface area contributed by atoms with Crippen LogP contribution in [0.3, 0.4) is 0 Å². The lowest BCUT2D eigenvalue weighted by atomic mass is 9.94. The van der Waals surface area contributed by atoms with E-state index in [-0.39, 0.29) is 17.1 Å². The summed E-state index contributed by atoms with van der Waals surface area (Å²) in [6, 6.07) is 1.05. The van der Waals surface area contributed by atoms with E-state index in [4.69, 9.17) is 0 Å². The molecule has 1 atom stereocenters. The van der Waals surface area contributed by atoms with Crippen molar-refractivity contribution < 1.29 is 18.0 Å². The van der Waals surface area contributed by atoms with E-state index in [9.17, 15) is 18.0 Å². The normalized spacial score (nSPS) is 17.8. The summed E-state index contributed by atoms with van der Waals surface area (Å²) >= 11 is 0.961. The predicted octanol–water partition coefficient (Wildman–Crippen LogP) is 3.77. The number of aromatic nitrogens is 2. The molecule has 0 saturated heterocycles. The number of thioether (sulfide) groups is 1. The predicted molar refractivity (Wildman–Crippen MR) is 82.0 cm³/mol. The van der Waals surface area contributed by atoms with Crippen LogP contribution in [0.15, 0.2) is 17.4 Å². The highest BCUT2D eigenvalue weighted by Crippen LogP contribution is 2.30. The molecule has 1 aromatic heterocycles. The summed E-state index contributed by atoms with van der Waals surface area (Å²) in [5.74, 6) is -0.0945. The molecular weight excluding hydrogens is 327 g/mol. The first kappa shape index (κ1) is 18.0. The van der Waals surface area contributed by atoms with Gasteiger partial charge in [-0.1, -0.05) is 31.0 Å². The minimum absolute atomic E-state index is 0.0299. The van der Waals surface area contributed by atoms with E-state index in [1.807, 2.05) is 0 Å². The Bertz CT molecular complexity index is 547. The average Bonchev–Trinajstić information content (AvgIpc) is 2.53. The number of alkyl halides is 3. The van der Waals surface area contributed by atoms with E-state index in [2.05, 4.69) is 9.97 Å². The molecule has 4 nitrogen and oxygen atoms in total. The smallest absolute Gasteiger partial charge is 0.342 e. The molecular formula is C15H20F3N3OS. The maximum atomic E-state index is 12.7. The van der Waals surface area contributed by atoms with Gasteiger partial charge < -0.3 is 4.90 Å². The first-order valence-corrected chi connectivity index (χ1v) is 8.50. The van der Waals surface area contributed by atoms with E-state index in [0.717, 1.165) is 49.7 Å². The number of nitrogens with zero attached hydrogens (tertiary/aromatic N) is 3. The average molecular weight is 347 g/mol. The van der Waals surface area contributed by atoms with Crippen molar-refractivity contribution in [3.63, 3.8) is 0 Å². The molecule has 0 bridgehead atoms. The molecule has 1 fully saturated rings. The Balaban J connectivity index is 2.00. The van der Waals surface area contributed by atoms with Crippen LogP contribution in [-0.2, 0) is 11.0 Å². The molecule has 1 aliphatic rings. The van der Waals surface area contributed by atoms with Gasteiger partial charge in [-0.3, -0.25) is 4.79 Å². The van der Waals surface area contributed by atoms with Gasteiger partial charge in [0, 0.05) is 19.3 Å². The molecule has 128 valence electrons. The number of amides is 1.